The fraction of sp³-hybridized carbons (Fsp3) is 0.368. The standard InChI is InChI=1S/C19H24Cl2N2/c1-4-23(17-7-5-6-14(2)12-17)11-10-22-15(3)18-9-8-16(20)13-19(18)21/h5-9,12-13,15,22H,4,10-11H2,1-3H3. The van der Waals surface area contributed by atoms with Gasteiger partial charge in [-0.15, -0.1) is 0 Å². The number of benzene rings is 2. The maximum atomic E-state index is 6.27. The zero-order valence-electron chi connectivity index (χ0n) is 13.9. The Balaban J connectivity index is 1.92. The van der Waals surface area contributed by atoms with Crippen molar-refractivity contribution in [1.82, 2.24) is 5.32 Å². The molecule has 0 saturated carbocycles. The Morgan fingerprint density at radius 2 is 1.91 bits per heavy atom. The molecule has 1 atom stereocenters. The lowest BCUT2D eigenvalue weighted by molar-refractivity contribution is 0.571. The fourth-order valence-corrected chi connectivity index (χ4v) is 3.25. The summed E-state index contributed by atoms with van der Waals surface area (Å²) in [7, 11) is 0. The topological polar surface area (TPSA) is 15.3 Å². The van der Waals surface area contributed by atoms with Gasteiger partial charge in [-0.1, -0.05) is 41.4 Å². The van der Waals surface area contributed by atoms with Crippen LogP contribution in [0.3, 0.4) is 0 Å². The fourth-order valence-electron chi connectivity index (χ4n) is 2.67. The van der Waals surface area contributed by atoms with Crippen molar-refractivity contribution in [3.05, 3.63) is 63.6 Å². The number of rotatable bonds is 7. The highest BCUT2D eigenvalue weighted by Gasteiger charge is 2.10. The SMILES string of the molecule is CCN(CCNC(C)c1ccc(Cl)cc1Cl)c1cccc(C)c1. The van der Waals surface area contributed by atoms with Crippen LogP contribution in [0, 0.1) is 6.92 Å². The van der Waals surface area contributed by atoms with E-state index in [1.807, 2.05) is 12.1 Å². The van der Waals surface area contributed by atoms with Crippen molar-refractivity contribution in [2.75, 3.05) is 24.5 Å². The summed E-state index contributed by atoms with van der Waals surface area (Å²) in [4.78, 5) is 2.37. The number of nitrogens with zero attached hydrogens (tertiary/aromatic N) is 1. The molecule has 4 heteroatoms. The second-order valence-corrected chi connectivity index (χ2v) is 6.60. The van der Waals surface area contributed by atoms with Gasteiger partial charge in [0.15, 0.2) is 0 Å². The highest BCUT2D eigenvalue weighted by atomic mass is 35.5. The third kappa shape index (κ3) is 5.13. The van der Waals surface area contributed by atoms with E-state index in [1.54, 1.807) is 6.07 Å². The van der Waals surface area contributed by atoms with Gasteiger partial charge in [0.2, 0.25) is 0 Å². The lowest BCUT2D eigenvalue weighted by Crippen LogP contribution is -2.33. The van der Waals surface area contributed by atoms with Crippen LogP contribution < -0.4 is 10.2 Å². The molecule has 0 fully saturated rings. The van der Waals surface area contributed by atoms with Crippen LogP contribution in [0.4, 0.5) is 5.69 Å². The Bertz CT molecular complexity index is 643. The molecule has 124 valence electrons. The van der Waals surface area contributed by atoms with Crippen LogP contribution in [0.15, 0.2) is 42.5 Å². The molecule has 2 rings (SSSR count). The summed E-state index contributed by atoms with van der Waals surface area (Å²) in [5.41, 5.74) is 3.64. The molecular formula is C19H24Cl2N2. The molecule has 0 radical (unpaired) electrons. The zero-order valence-corrected chi connectivity index (χ0v) is 15.5. The first kappa shape index (κ1) is 18.1. The van der Waals surface area contributed by atoms with Crippen LogP contribution in [0.1, 0.15) is 31.0 Å². The molecule has 0 aromatic heterocycles. The molecule has 0 bridgehead atoms. The summed E-state index contributed by atoms with van der Waals surface area (Å²) in [5, 5.41) is 4.92. The quantitative estimate of drug-likeness (QED) is 0.711. The minimum absolute atomic E-state index is 0.191. The van der Waals surface area contributed by atoms with E-state index in [-0.39, 0.29) is 6.04 Å². The maximum Gasteiger partial charge on any atom is 0.0468 e. The van der Waals surface area contributed by atoms with Crippen molar-refractivity contribution in [2.45, 2.75) is 26.8 Å². The van der Waals surface area contributed by atoms with E-state index in [1.165, 1.54) is 11.3 Å². The molecule has 0 aliphatic heterocycles. The Labute approximate surface area is 149 Å². The predicted octanol–water partition coefficient (Wildman–Crippen LogP) is 5.48. The van der Waals surface area contributed by atoms with Crippen molar-refractivity contribution < 1.29 is 0 Å². The maximum absolute atomic E-state index is 6.27. The molecule has 0 amide bonds. The molecule has 0 aliphatic rings. The van der Waals surface area contributed by atoms with Gasteiger partial charge in [0.25, 0.3) is 0 Å². The largest absolute Gasteiger partial charge is 0.371 e. The molecule has 0 heterocycles. The van der Waals surface area contributed by atoms with E-state index in [0.29, 0.717) is 10.0 Å². The molecule has 2 nitrogen and oxygen atoms in total. The number of halogens is 2. The average Bonchev–Trinajstić information content (AvgIpc) is 2.51. The molecule has 0 saturated heterocycles. The van der Waals surface area contributed by atoms with Crippen molar-refractivity contribution in [1.29, 1.82) is 0 Å². The number of hydrogen-bond acceptors (Lipinski definition) is 2. The van der Waals surface area contributed by atoms with Crippen LogP contribution in [0.2, 0.25) is 10.0 Å². The van der Waals surface area contributed by atoms with Crippen molar-refractivity contribution in [2.24, 2.45) is 0 Å². The third-order valence-corrected chi connectivity index (χ3v) is 4.57. The molecular weight excluding hydrogens is 327 g/mol. The van der Waals surface area contributed by atoms with Crippen molar-refractivity contribution >= 4 is 28.9 Å². The van der Waals surface area contributed by atoms with Crippen LogP contribution in [0.5, 0.6) is 0 Å². The average molecular weight is 351 g/mol. The minimum atomic E-state index is 0.191. The van der Waals surface area contributed by atoms with Crippen molar-refractivity contribution in [3.8, 4) is 0 Å². The summed E-state index contributed by atoms with van der Waals surface area (Å²) in [6.45, 7) is 9.26. The summed E-state index contributed by atoms with van der Waals surface area (Å²) >= 11 is 12.2. The van der Waals surface area contributed by atoms with Crippen LogP contribution in [-0.2, 0) is 0 Å². The van der Waals surface area contributed by atoms with Crippen molar-refractivity contribution in [3.63, 3.8) is 0 Å². The highest BCUT2D eigenvalue weighted by Crippen LogP contribution is 2.26. The Hall–Kier alpha value is -1.22. The summed E-state index contributed by atoms with van der Waals surface area (Å²) < 4.78 is 0. The summed E-state index contributed by atoms with van der Waals surface area (Å²) in [5.74, 6) is 0. The number of likely N-dealkylation sites (N-methyl/N-ethyl adjacent to an activating group) is 1. The first-order chi connectivity index (χ1) is 11.0. The van der Waals surface area contributed by atoms with Gasteiger partial charge < -0.3 is 10.2 Å². The molecule has 1 N–H and O–H groups in total. The van der Waals surface area contributed by atoms with Crippen LogP contribution >= 0.6 is 23.2 Å². The van der Waals surface area contributed by atoms with E-state index in [4.69, 9.17) is 23.2 Å². The van der Waals surface area contributed by atoms with E-state index in [0.717, 1.165) is 25.2 Å². The molecule has 0 spiro atoms. The van der Waals surface area contributed by atoms with E-state index >= 15 is 0 Å². The van der Waals surface area contributed by atoms with Crippen LogP contribution in [-0.4, -0.2) is 19.6 Å². The smallest absolute Gasteiger partial charge is 0.0468 e. The van der Waals surface area contributed by atoms with E-state index < -0.39 is 0 Å². The summed E-state index contributed by atoms with van der Waals surface area (Å²) in [6, 6.07) is 14.5. The third-order valence-electron chi connectivity index (χ3n) is 4.01. The van der Waals surface area contributed by atoms with E-state index in [2.05, 4.69) is 55.3 Å². The lowest BCUT2D eigenvalue weighted by Gasteiger charge is -2.25. The van der Waals surface area contributed by atoms with Crippen LogP contribution in [0.25, 0.3) is 0 Å². The van der Waals surface area contributed by atoms with E-state index in [9.17, 15) is 0 Å². The van der Waals surface area contributed by atoms with Gasteiger partial charge in [0, 0.05) is 41.4 Å². The second-order valence-electron chi connectivity index (χ2n) is 5.76. The zero-order chi connectivity index (χ0) is 16.8. The number of anilines is 1. The van der Waals surface area contributed by atoms with Gasteiger partial charge in [-0.3, -0.25) is 0 Å². The monoisotopic (exact) mass is 350 g/mol. The normalized spacial score (nSPS) is 12.2. The number of aryl methyl sites for hydroxylation is 1. The summed E-state index contributed by atoms with van der Waals surface area (Å²) in [6.07, 6.45) is 0. The Kier molecular flexibility index (Phi) is 6.76. The van der Waals surface area contributed by atoms with Gasteiger partial charge in [-0.2, -0.15) is 0 Å². The predicted molar refractivity (Wildman–Crippen MR) is 102 cm³/mol. The Morgan fingerprint density at radius 3 is 2.57 bits per heavy atom. The van der Waals surface area contributed by atoms with Gasteiger partial charge in [-0.25, -0.2) is 0 Å². The Morgan fingerprint density at radius 1 is 1.13 bits per heavy atom. The molecule has 2 aromatic carbocycles. The molecule has 0 aliphatic carbocycles. The van der Waals surface area contributed by atoms with Gasteiger partial charge in [0.1, 0.15) is 0 Å². The highest BCUT2D eigenvalue weighted by molar-refractivity contribution is 6.35. The first-order valence-electron chi connectivity index (χ1n) is 8.01. The minimum Gasteiger partial charge on any atom is -0.371 e. The van der Waals surface area contributed by atoms with Gasteiger partial charge >= 0.3 is 0 Å². The lowest BCUT2D eigenvalue weighted by atomic mass is 10.1. The molecule has 23 heavy (non-hydrogen) atoms. The first-order valence-corrected chi connectivity index (χ1v) is 8.76. The number of hydrogen-bond donors (Lipinski definition) is 1. The van der Waals surface area contributed by atoms with Gasteiger partial charge in [-0.05, 0) is 56.2 Å². The second kappa shape index (κ2) is 8.58. The van der Waals surface area contributed by atoms with Gasteiger partial charge in [0.05, 0.1) is 0 Å². The molecule has 1 unspecified atom stereocenters. The number of nitrogens with one attached hydrogen (secondary N) is 1. The molecule has 2 aromatic rings.